The van der Waals surface area contributed by atoms with E-state index >= 15 is 0 Å². The smallest absolute Gasteiger partial charge is 0.407 e. The van der Waals surface area contributed by atoms with Crippen LogP contribution in [0.4, 0.5) is 9.59 Å². The summed E-state index contributed by atoms with van der Waals surface area (Å²) in [5, 5.41) is 13.9. The molecule has 33 heavy (non-hydrogen) atoms. The van der Waals surface area contributed by atoms with Gasteiger partial charge in [-0.15, -0.1) is 0 Å². The molecular formula is C24H26N4O5. The molecule has 9 nitrogen and oxygen atoms in total. The molecule has 2 aromatic carbocycles. The molecule has 3 rings (SSSR count). The fourth-order valence-electron chi connectivity index (χ4n) is 2.96. The second kappa shape index (κ2) is 12.0. The lowest BCUT2D eigenvalue weighted by atomic mass is 10.1. The number of amides is 2. The number of nitrogens with one attached hydrogen (secondary N) is 2. The van der Waals surface area contributed by atoms with Gasteiger partial charge in [-0.2, -0.15) is 0 Å². The zero-order chi connectivity index (χ0) is 23.5. The minimum Gasteiger partial charge on any atom is -0.490 e. The minimum atomic E-state index is -1.07. The Kier molecular flexibility index (Phi) is 8.58. The zero-order valence-corrected chi connectivity index (χ0v) is 18.2. The van der Waals surface area contributed by atoms with E-state index in [-0.39, 0.29) is 12.6 Å². The Labute approximate surface area is 191 Å². The molecule has 1 aromatic heterocycles. The number of ether oxygens (including phenoxy) is 2. The van der Waals surface area contributed by atoms with Crippen molar-refractivity contribution < 1.29 is 24.2 Å². The number of benzene rings is 2. The van der Waals surface area contributed by atoms with Gasteiger partial charge in [-0.05, 0) is 24.5 Å². The second-order valence-electron chi connectivity index (χ2n) is 7.23. The first-order valence-corrected chi connectivity index (χ1v) is 10.5. The van der Waals surface area contributed by atoms with E-state index in [0.717, 1.165) is 16.7 Å². The molecule has 1 heterocycles. The van der Waals surface area contributed by atoms with Gasteiger partial charge >= 0.3 is 12.2 Å². The first-order chi connectivity index (χ1) is 16.0. The van der Waals surface area contributed by atoms with Crippen LogP contribution in [-0.2, 0) is 11.3 Å². The van der Waals surface area contributed by atoms with Crippen LogP contribution in [0.2, 0.25) is 0 Å². The lowest BCUT2D eigenvalue weighted by Crippen LogP contribution is -2.26. The van der Waals surface area contributed by atoms with E-state index in [1.165, 1.54) is 0 Å². The standard InChI is InChI=1S/C24H26N4O5/c1-17(28-23(29)30)19-8-10-20(11-9-19)22-26-14-21(15-27-22)32-13-5-12-25-24(31)33-16-18-6-3-2-4-7-18/h2-4,6-11,14-15,17,28H,5,12-13,16H2,1H3,(H,25,31)(H,29,30)/t17-/m0/s1. The van der Waals surface area contributed by atoms with Gasteiger partial charge < -0.3 is 25.2 Å². The third-order valence-electron chi connectivity index (χ3n) is 4.71. The molecule has 0 saturated heterocycles. The molecule has 0 aliphatic heterocycles. The van der Waals surface area contributed by atoms with Gasteiger partial charge in [0.05, 0.1) is 25.0 Å². The maximum Gasteiger partial charge on any atom is 0.407 e. The van der Waals surface area contributed by atoms with Gasteiger partial charge in [0, 0.05) is 12.1 Å². The monoisotopic (exact) mass is 450 g/mol. The zero-order valence-electron chi connectivity index (χ0n) is 18.2. The van der Waals surface area contributed by atoms with Gasteiger partial charge in [0.15, 0.2) is 11.6 Å². The molecule has 2 amide bonds. The van der Waals surface area contributed by atoms with Gasteiger partial charge in [-0.3, -0.25) is 0 Å². The van der Waals surface area contributed by atoms with Crippen molar-refractivity contribution in [3.05, 3.63) is 78.1 Å². The van der Waals surface area contributed by atoms with E-state index in [0.29, 0.717) is 31.1 Å². The van der Waals surface area contributed by atoms with Crippen molar-refractivity contribution in [3.63, 3.8) is 0 Å². The quantitative estimate of drug-likeness (QED) is 0.396. The lowest BCUT2D eigenvalue weighted by molar-refractivity contribution is 0.139. The first-order valence-electron chi connectivity index (χ1n) is 10.5. The molecule has 0 fully saturated rings. The van der Waals surface area contributed by atoms with Crippen LogP contribution >= 0.6 is 0 Å². The molecule has 0 aliphatic carbocycles. The fraction of sp³-hybridized carbons (Fsp3) is 0.250. The maximum atomic E-state index is 11.7. The Morgan fingerprint density at radius 3 is 2.39 bits per heavy atom. The molecule has 0 unspecified atom stereocenters. The molecule has 172 valence electrons. The van der Waals surface area contributed by atoms with E-state index < -0.39 is 12.2 Å². The van der Waals surface area contributed by atoms with Crippen molar-refractivity contribution >= 4 is 12.2 Å². The number of carboxylic acid groups (broad SMARTS) is 1. The molecular weight excluding hydrogens is 424 g/mol. The first kappa shape index (κ1) is 23.5. The predicted octanol–water partition coefficient (Wildman–Crippen LogP) is 4.17. The van der Waals surface area contributed by atoms with Crippen LogP contribution in [0.25, 0.3) is 11.4 Å². The number of hydrogen-bond acceptors (Lipinski definition) is 6. The van der Waals surface area contributed by atoms with Crippen LogP contribution in [0, 0.1) is 0 Å². The second-order valence-corrected chi connectivity index (χ2v) is 7.23. The van der Waals surface area contributed by atoms with Crippen molar-refractivity contribution in [2.24, 2.45) is 0 Å². The van der Waals surface area contributed by atoms with Crippen LogP contribution in [0.5, 0.6) is 5.75 Å². The van der Waals surface area contributed by atoms with Crippen LogP contribution in [-0.4, -0.2) is 40.4 Å². The van der Waals surface area contributed by atoms with E-state index in [4.69, 9.17) is 14.6 Å². The van der Waals surface area contributed by atoms with Crippen molar-refractivity contribution in [2.45, 2.75) is 26.0 Å². The van der Waals surface area contributed by atoms with E-state index in [1.54, 1.807) is 19.3 Å². The summed E-state index contributed by atoms with van der Waals surface area (Å²) in [6, 6.07) is 16.5. The number of alkyl carbamates (subject to hydrolysis) is 1. The third kappa shape index (κ3) is 7.80. The third-order valence-corrected chi connectivity index (χ3v) is 4.71. The molecule has 3 N–H and O–H groups in total. The van der Waals surface area contributed by atoms with Crippen LogP contribution in [0.1, 0.15) is 30.5 Å². The van der Waals surface area contributed by atoms with Crippen LogP contribution < -0.4 is 15.4 Å². The molecule has 9 heteroatoms. The Bertz CT molecular complexity index is 1030. The number of carbonyl (C=O) groups excluding carboxylic acids is 1. The minimum absolute atomic E-state index is 0.230. The van der Waals surface area contributed by atoms with Gasteiger partial charge in [0.2, 0.25) is 0 Å². The van der Waals surface area contributed by atoms with Crippen molar-refractivity contribution in [3.8, 4) is 17.1 Å². The molecule has 3 aromatic rings. The van der Waals surface area contributed by atoms with E-state index in [1.807, 2.05) is 54.6 Å². The number of hydrogen-bond donors (Lipinski definition) is 3. The average Bonchev–Trinajstić information content (AvgIpc) is 2.83. The highest BCUT2D eigenvalue weighted by Crippen LogP contribution is 2.20. The number of rotatable bonds is 10. The van der Waals surface area contributed by atoms with E-state index in [9.17, 15) is 9.59 Å². The Hall–Kier alpha value is -4.14. The summed E-state index contributed by atoms with van der Waals surface area (Å²) in [6.07, 6.45) is 2.25. The Balaban J connectivity index is 1.36. The largest absolute Gasteiger partial charge is 0.490 e. The lowest BCUT2D eigenvalue weighted by Gasteiger charge is -2.12. The van der Waals surface area contributed by atoms with E-state index in [2.05, 4.69) is 20.6 Å². The number of carbonyl (C=O) groups is 2. The Morgan fingerprint density at radius 1 is 1.03 bits per heavy atom. The summed E-state index contributed by atoms with van der Waals surface area (Å²) in [5.41, 5.74) is 2.59. The molecule has 1 atom stereocenters. The van der Waals surface area contributed by atoms with Gasteiger partial charge in [0.25, 0.3) is 0 Å². The molecule has 0 saturated carbocycles. The SMILES string of the molecule is C[C@H](NC(=O)O)c1ccc(-c2ncc(OCCCNC(=O)OCc3ccccc3)cn2)cc1. The summed E-state index contributed by atoms with van der Waals surface area (Å²) in [7, 11) is 0. The highest BCUT2D eigenvalue weighted by molar-refractivity contribution is 5.67. The van der Waals surface area contributed by atoms with Crippen LogP contribution in [0.3, 0.4) is 0 Å². The summed E-state index contributed by atoms with van der Waals surface area (Å²) >= 11 is 0. The van der Waals surface area contributed by atoms with Crippen molar-refractivity contribution in [1.29, 1.82) is 0 Å². The van der Waals surface area contributed by atoms with Gasteiger partial charge in [-0.1, -0.05) is 54.6 Å². The van der Waals surface area contributed by atoms with Crippen LogP contribution in [0.15, 0.2) is 67.0 Å². The maximum absolute atomic E-state index is 11.7. The van der Waals surface area contributed by atoms with Gasteiger partial charge in [-0.25, -0.2) is 19.6 Å². The molecule has 0 aliphatic rings. The van der Waals surface area contributed by atoms with Crippen molar-refractivity contribution in [1.82, 2.24) is 20.6 Å². The van der Waals surface area contributed by atoms with Gasteiger partial charge in [0.1, 0.15) is 6.61 Å². The summed E-state index contributed by atoms with van der Waals surface area (Å²) in [5.74, 6) is 1.07. The summed E-state index contributed by atoms with van der Waals surface area (Å²) < 4.78 is 10.8. The molecule has 0 spiro atoms. The topological polar surface area (TPSA) is 123 Å². The highest BCUT2D eigenvalue weighted by Gasteiger charge is 2.09. The average molecular weight is 450 g/mol. The highest BCUT2D eigenvalue weighted by atomic mass is 16.5. The van der Waals surface area contributed by atoms with Crippen molar-refractivity contribution in [2.75, 3.05) is 13.2 Å². The summed E-state index contributed by atoms with van der Waals surface area (Å²) in [4.78, 5) is 31.1. The number of nitrogens with zero attached hydrogens (tertiary/aromatic N) is 2. The predicted molar refractivity (Wildman–Crippen MR) is 122 cm³/mol. The number of aromatic nitrogens is 2. The Morgan fingerprint density at radius 2 is 1.73 bits per heavy atom. The fourth-order valence-corrected chi connectivity index (χ4v) is 2.96. The molecule has 0 radical (unpaired) electrons. The summed E-state index contributed by atoms with van der Waals surface area (Å²) in [6.45, 7) is 2.82. The normalized spacial score (nSPS) is 11.3. The molecule has 0 bridgehead atoms.